The number of rotatable bonds is 5. The molecule has 0 saturated carbocycles. The molecule has 0 saturated heterocycles. The van der Waals surface area contributed by atoms with Crippen LogP contribution in [0, 0.1) is 0 Å². The van der Waals surface area contributed by atoms with Crippen molar-refractivity contribution >= 4 is 6.47 Å². The van der Waals surface area contributed by atoms with E-state index < -0.39 is 5.79 Å². The van der Waals surface area contributed by atoms with E-state index in [0.717, 1.165) is 5.56 Å². The van der Waals surface area contributed by atoms with Crippen molar-refractivity contribution in [1.82, 2.24) is 0 Å². The monoisotopic (exact) mass is 194 g/mol. The summed E-state index contributed by atoms with van der Waals surface area (Å²) in [5.41, 5.74) is 1.07. The lowest BCUT2D eigenvalue weighted by Crippen LogP contribution is -2.33. The molecule has 0 aliphatic rings. The fourth-order valence-electron chi connectivity index (χ4n) is 1.23. The van der Waals surface area contributed by atoms with Gasteiger partial charge in [-0.3, -0.25) is 4.79 Å². The molecular formula is C11H14O3. The Morgan fingerprint density at radius 3 is 2.50 bits per heavy atom. The molecule has 76 valence electrons. The highest BCUT2D eigenvalue weighted by atomic mass is 16.7. The highest BCUT2D eigenvalue weighted by Crippen LogP contribution is 2.17. The Morgan fingerprint density at radius 1 is 1.36 bits per heavy atom. The summed E-state index contributed by atoms with van der Waals surface area (Å²) >= 11 is 0. The van der Waals surface area contributed by atoms with Crippen molar-refractivity contribution in [3.05, 3.63) is 35.9 Å². The minimum Gasteiger partial charge on any atom is -0.435 e. The van der Waals surface area contributed by atoms with Gasteiger partial charge in [0.05, 0.1) is 0 Å². The fraction of sp³-hybridized carbons (Fsp3) is 0.364. The molecular weight excluding hydrogens is 180 g/mol. The van der Waals surface area contributed by atoms with Crippen LogP contribution in [0.15, 0.2) is 30.3 Å². The van der Waals surface area contributed by atoms with Gasteiger partial charge in [-0.2, -0.15) is 0 Å². The molecule has 1 unspecified atom stereocenters. The van der Waals surface area contributed by atoms with Crippen molar-refractivity contribution in [3.8, 4) is 0 Å². The molecule has 0 bridgehead atoms. The number of carbonyl (C=O) groups excluding carboxylic acids is 1. The molecule has 3 nitrogen and oxygen atoms in total. The minimum absolute atomic E-state index is 0.409. The predicted molar refractivity (Wildman–Crippen MR) is 52.7 cm³/mol. The zero-order chi connectivity index (χ0) is 10.4. The molecule has 1 aromatic rings. The molecule has 0 N–H and O–H groups in total. The van der Waals surface area contributed by atoms with Crippen LogP contribution in [-0.2, 0) is 20.7 Å². The van der Waals surface area contributed by atoms with Crippen LogP contribution in [0.1, 0.15) is 12.5 Å². The molecule has 1 rings (SSSR count). The first-order valence-corrected chi connectivity index (χ1v) is 4.41. The molecule has 14 heavy (non-hydrogen) atoms. The standard InChI is InChI=1S/C11H14O3/c1-11(13-2,14-9-12)8-10-6-4-3-5-7-10/h3-7,9H,8H2,1-2H3. The molecule has 3 heteroatoms. The van der Waals surface area contributed by atoms with Crippen LogP contribution in [-0.4, -0.2) is 19.4 Å². The number of hydrogen-bond donors (Lipinski definition) is 0. The van der Waals surface area contributed by atoms with Crippen LogP contribution < -0.4 is 0 Å². The van der Waals surface area contributed by atoms with E-state index in [9.17, 15) is 4.79 Å². The van der Waals surface area contributed by atoms with Crippen LogP contribution in [0.2, 0.25) is 0 Å². The van der Waals surface area contributed by atoms with E-state index in [-0.39, 0.29) is 0 Å². The van der Waals surface area contributed by atoms with Gasteiger partial charge in [-0.25, -0.2) is 0 Å². The Morgan fingerprint density at radius 2 is 2.00 bits per heavy atom. The number of hydrogen-bond acceptors (Lipinski definition) is 3. The molecule has 0 aliphatic heterocycles. The van der Waals surface area contributed by atoms with Crippen molar-refractivity contribution in [2.24, 2.45) is 0 Å². The molecule has 1 atom stereocenters. The number of ether oxygens (including phenoxy) is 2. The first-order valence-electron chi connectivity index (χ1n) is 4.41. The van der Waals surface area contributed by atoms with E-state index in [4.69, 9.17) is 9.47 Å². The van der Waals surface area contributed by atoms with Crippen LogP contribution in [0.25, 0.3) is 0 Å². The molecule has 0 heterocycles. The van der Waals surface area contributed by atoms with Gasteiger partial charge in [-0.05, 0) is 5.56 Å². The van der Waals surface area contributed by atoms with Gasteiger partial charge in [0.2, 0.25) is 5.79 Å². The second kappa shape index (κ2) is 4.77. The second-order valence-electron chi connectivity index (χ2n) is 3.21. The third-order valence-corrected chi connectivity index (χ3v) is 2.10. The lowest BCUT2D eigenvalue weighted by Gasteiger charge is -2.25. The lowest BCUT2D eigenvalue weighted by molar-refractivity contribution is -0.200. The Labute approximate surface area is 83.6 Å². The third-order valence-electron chi connectivity index (χ3n) is 2.10. The summed E-state index contributed by atoms with van der Waals surface area (Å²) in [6.45, 7) is 2.14. The van der Waals surface area contributed by atoms with Gasteiger partial charge in [-0.15, -0.1) is 0 Å². The summed E-state index contributed by atoms with van der Waals surface area (Å²) in [5.74, 6) is -0.872. The minimum atomic E-state index is -0.872. The van der Waals surface area contributed by atoms with Gasteiger partial charge in [0.15, 0.2) is 0 Å². The van der Waals surface area contributed by atoms with Gasteiger partial charge in [0.25, 0.3) is 6.47 Å². The highest BCUT2D eigenvalue weighted by Gasteiger charge is 2.25. The van der Waals surface area contributed by atoms with E-state index in [1.54, 1.807) is 6.92 Å². The van der Waals surface area contributed by atoms with Gasteiger partial charge in [-0.1, -0.05) is 30.3 Å². The summed E-state index contributed by atoms with van der Waals surface area (Å²) in [6.07, 6.45) is 0.545. The summed E-state index contributed by atoms with van der Waals surface area (Å²) in [5, 5.41) is 0. The average Bonchev–Trinajstić information content (AvgIpc) is 2.20. The molecule has 0 aliphatic carbocycles. The molecule has 0 amide bonds. The van der Waals surface area contributed by atoms with Crippen molar-refractivity contribution in [2.75, 3.05) is 7.11 Å². The lowest BCUT2D eigenvalue weighted by atomic mass is 10.1. The Balaban J connectivity index is 2.70. The predicted octanol–water partition coefficient (Wildman–Crippen LogP) is 1.76. The zero-order valence-electron chi connectivity index (χ0n) is 8.40. The highest BCUT2D eigenvalue weighted by molar-refractivity contribution is 5.38. The number of methoxy groups -OCH3 is 1. The zero-order valence-corrected chi connectivity index (χ0v) is 8.40. The Kier molecular flexibility index (Phi) is 3.65. The summed E-state index contributed by atoms with van der Waals surface area (Å²) in [7, 11) is 1.52. The SMILES string of the molecule is COC(C)(Cc1ccccc1)OC=O. The van der Waals surface area contributed by atoms with Crippen LogP contribution in [0.5, 0.6) is 0 Å². The largest absolute Gasteiger partial charge is 0.435 e. The van der Waals surface area contributed by atoms with Crippen molar-refractivity contribution in [1.29, 1.82) is 0 Å². The maximum atomic E-state index is 10.3. The molecule has 0 spiro atoms. The summed E-state index contributed by atoms with van der Waals surface area (Å²) < 4.78 is 10.0. The average molecular weight is 194 g/mol. The van der Waals surface area contributed by atoms with Crippen LogP contribution in [0.4, 0.5) is 0 Å². The normalized spacial score (nSPS) is 14.4. The van der Waals surface area contributed by atoms with Crippen molar-refractivity contribution < 1.29 is 14.3 Å². The van der Waals surface area contributed by atoms with Crippen LogP contribution >= 0.6 is 0 Å². The molecule has 1 aromatic carbocycles. The van der Waals surface area contributed by atoms with Gasteiger partial charge in [0, 0.05) is 20.5 Å². The summed E-state index contributed by atoms with van der Waals surface area (Å²) in [6, 6.07) is 9.74. The fourth-order valence-corrected chi connectivity index (χ4v) is 1.23. The topological polar surface area (TPSA) is 35.5 Å². The van der Waals surface area contributed by atoms with Gasteiger partial charge >= 0.3 is 0 Å². The maximum absolute atomic E-state index is 10.3. The first-order chi connectivity index (χ1) is 6.70. The molecule has 0 aromatic heterocycles. The smallest absolute Gasteiger partial charge is 0.295 e. The van der Waals surface area contributed by atoms with E-state index in [1.165, 1.54) is 7.11 Å². The van der Waals surface area contributed by atoms with E-state index in [0.29, 0.717) is 12.9 Å². The Hall–Kier alpha value is -1.35. The summed E-state index contributed by atoms with van der Waals surface area (Å²) in [4.78, 5) is 10.3. The van der Waals surface area contributed by atoms with Crippen LogP contribution in [0.3, 0.4) is 0 Å². The van der Waals surface area contributed by atoms with E-state index >= 15 is 0 Å². The quantitative estimate of drug-likeness (QED) is 0.529. The maximum Gasteiger partial charge on any atom is 0.295 e. The van der Waals surface area contributed by atoms with E-state index in [1.807, 2.05) is 30.3 Å². The van der Waals surface area contributed by atoms with E-state index in [2.05, 4.69) is 0 Å². The molecule has 0 fully saturated rings. The van der Waals surface area contributed by atoms with Gasteiger partial charge < -0.3 is 9.47 Å². The third kappa shape index (κ3) is 2.85. The second-order valence-corrected chi connectivity index (χ2v) is 3.21. The Bertz CT molecular complexity index is 284. The van der Waals surface area contributed by atoms with Crippen molar-refractivity contribution in [2.45, 2.75) is 19.1 Å². The molecule has 0 radical (unpaired) electrons. The van der Waals surface area contributed by atoms with Gasteiger partial charge in [0.1, 0.15) is 0 Å². The first kappa shape index (κ1) is 10.7. The van der Waals surface area contributed by atoms with Crippen molar-refractivity contribution in [3.63, 3.8) is 0 Å². The number of carbonyl (C=O) groups is 1. The number of benzene rings is 1.